The molecule has 1 heterocycles. The van der Waals surface area contributed by atoms with E-state index in [1.54, 1.807) is 0 Å². The molecule has 0 saturated carbocycles. The predicted molar refractivity (Wildman–Crippen MR) is 117 cm³/mol. The van der Waals surface area contributed by atoms with Crippen molar-refractivity contribution in [1.82, 2.24) is 0 Å². The summed E-state index contributed by atoms with van der Waals surface area (Å²) in [7, 11) is 0. The zero-order chi connectivity index (χ0) is 17.7. The van der Waals surface area contributed by atoms with Crippen LogP contribution in [0.1, 0.15) is 22.3 Å². The molecule has 1 aliphatic carbocycles. The molecule has 0 aliphatic heterocycles. The third-order valence-corrected chi connectivity index (χ3v) is 7.31. The first kappa shape index (κ1) is 16.5. The van der Waals surface area contributed by atoms with Gasteiger partial charge in [-0.2, -0.15) is 0 Å². The normalized spacial score (nSPS) is 14.1. The molecule has 0 saturated heterocycles. The lowest BCUT2D eigenvalue weighted by Crippen LogP contribution is -2.28. The molecule has 3 aromatic carbocycles. The van der Waals surface area contributed by atoms with Crippen molar-refractivity contribution in [2.45, 2.75) is 5.41 Å². The smallest absolute Gasteiger partial charge is 0.0722 e. The number of hydrogen-bond acceptors (Lipinski definition) is 1. The highest BCUT2D eigenvalue weighted by atomic mass is 79.9. The molecule has 0 atom stereocenters. The third kappa shape index (κ3) is 2.24. The molecule has 26 heavy (non-hydrogen) atoms. The maximum Gasteiger partial charge on any atom is 0.0722 e. The van der Waals surface area contributed by atoms with E-state index in [-0.39, 0.29) is 5.41 Å². The molecule has 0 bridgehead atoms. The van der Waals surface area contributed by atoms with Crippen molar-refractivity contribution in [3.05, 3.63) is 115 Å². The fourth-order valence-corrected chi connectivity index (χ4v) is 6.23. The van der Waals surface area contributed by atoms with Gasteiger partial charge in [-0.15, -0.1) is 11.3 Å². The molecule has 0 spiro atoms. The van der Waals surface area contributed by atoms with Gasteiger partial charge in [0, 0.05) is 9.35 Å². The van der Waals surface area contributed by atoms with Crippen molar-refractivity contribution in [3.8, 4) is 10.4 Å². The zero-order valence-corrected chi connectivity index (χ0v) is 17.7. The predicted octanol–water partition coefficient (Wildman–Crippen LogP) is 7.64. The summed E-state index contributed by atoms with van der Waals surface area (Å²) in [6.45, 7) is 0. The van der Waals surface area contributed by atoms with Crippen LogP contribution in [0.5, 0.6) is 0 Å². The maximum absolute atomic E-state index is 3.73. The highest BCUT2D eigenvalue weighted by molar-refractivity contribution is 9.11. The maximum atomic E-state index is 3.73. The molecule has 3 heteroatoms. The van der Waals surface area contributed by atoms with Crippen LogP contribution in [0.4, 0.5) is 0 Å². The van der Waals surface area contributed by atoms with Crippen LogP contribution in [0.3, 0.4) is 0 Å². The Bertz CT molecular complexity index is 1060. The second-order valence-electron chi connectivity index (χ2n) is 6.47. The second kappa shape index (κ2) is 6.19. The van der Waals surface area contributed by atoms with Gasteiger partial charge in [0.1, 0.15) is 0 Å². The van der Waals surface area contributed by atoms with Crippen LogP contribution in [-0.4, -0.2) is 0 Å². The lowest BCUT2D eigenvalue weighted by atomic mass is 9.68. The van der Waals surface area contributed by atoms with E-state index in [1.165, 1.54) is 36.5 Å². The number of halogens is 2. The van der Waals surface area contributed by atoms with Crippen LogP contribution in [0.2, 0.25) is 0 Å². The van der Waals surface area contributed by atoms with E-state index in [9.17, 15) is 0 Å². The van der Waals surface area contributed by atoms with Crippen molar-refractivity contribution in [3.63, 3.8) is 0 Å². The molecule has 1 aromatic heterocycles. The van der Waals surface area contributed by atoms with Crippen molar-refractivity contribution < 1.29 is 0 Å². The standard InChI is InChI=1S/C23H14Br2S/c24-17-11-12-18-19(13-17)23(15-7-3-1-4-8-15,16-9-5-2-6-10-16)20-14-21(25)26-22(18)20/h1-14H. The number of hydrogen-bond donors (Lipinski definition) is 0. The minimum atomic E-state index is -0.292. The number of rotatable bonds is 2. The molecule has 0 radical (unpaired) electrons. The Kier molecular flexibility index (Phi) is 3.93. The number of thiophene rings is 1. The number of benzene rings is 3. The first-order chi connectivity index (χ1) is 12.7. The van der Waals surface area contributed by atoms with Gasteiger partial charge in [-0.05, 0) is 61.9 Å². The molecule has 0 amide bonds. The molecule has 1 aliphatic rings. The molecule has 5 rings (SSSR count). The Labute approximate surface area is 173 Å². The monoisotopic (exact) mass is 480 g/mol. The summed E-state index contributed by atoms with van der Waals surface area (Å²) >= 11 is 9.25. The highest BCUT2D eigenvalue weighted by Gasteiger charge is 2.47. The van der Waals surface area contributed by atoms with Gasteiger partial charge in [0.2, 0.25) is 0 Å². The summed E-state index contributed by atoms with van der Waals surface area (Å²) in [6, 6.07) is 30.7. The van der Waals surface area contributed by atoms with E-state index < -0.39 is 0 Å². The molecule has 0 N–H and O–H groups in total. The lowest BCUT2D eigenvalue weighted by Gasteiger charge is -2.33. The Hall–Kier alpha value is -1.68. The van der Waals surface area contributed by atoms with Crippen molar-refractivity contribution in [2.24, 2.45) is 0 Å². The topological polar surface area (TPSA) is 0 Å². The van der Waals surface area contributed by atoms with Crippen LogP contribution < -0.4 is 0 Å². The van der Waals surface area contributed by atoms with Crippen molar-refractivity contribution >= 4 is 43.2 Å². The van der Waals surface area contributed by atoms with E-state index in [2.05, 4.69) is 117 Å². The van der Waals surface area contributed by atoms with Gasteiger partial charge in [0.25, 0.3) is 0 Å². The van der Waals surface area contributed by atoms with Gasteiger partial charge >= 0.3 is 0 Å². The summed E-state index contributed by atoms with van der Waals surface area (Å²) in [6.07, 6.45) is 0. The first-order valence-corrected chi connectivity index (χ1v) is 10.8. The Balaban J connectivity index is 1.98. The lowest BCUT2D eigenvalue weighted by molar-refractivity contribution is 0.769. The average molecular weight is 482 g/mol. The van der Waals surface area contributed by atoms with Crippen LogP contribution in [0.25, 0.3) is 10.4 Å². The quantitative estimate of drug-likeness (QED) is 0.243. The minimum Gasteiger partial charge on any atom is -0.128 e. The molecule has 0 fully saturated rings. The van der Waals surface area contributed by atoms with Crippen molar-refractivity contribution in [1.29, 1.82) is 0 Å². The van der Waals surface area contributed by atoms with Crippen LogP contribution >= 0.6 is 43.2 Å². The molecule has 0 unspecified atom stereocenters. The molecule has 126 valence electrons. The van der Waals surface area contributed by atoms with Crippen LogP contribution in [0.15, 0.2) is 93.2 Å². The van der Waals surface area contributed by atoms with E-state index in [4.69, 9.17) is 0 Å². The van der Waals surface area contributed by atoms with Crippen LogP contribution in [0, 0.1) is 0 Å². The van der Waals surface area contributed by atoms with E-state index >= 15 is 0 Å². The average Bonchev–Trinajstić information content (AvgIpc) is 3.17. The second-order valence-corrected chi connectivity index (χ2v) is 9.81. The van der Waals surface area contributed by atoms with E-state index in [0.29, 0.717) is 0 Å². The van der Waals surface area contributed by atoms with Gasteiger partial charge in [-0.3, -0.25) is 0 Å². The minimum absolute atomic E-state index is 0.292. The Morgan fingerprint density at radius 1 is 0.654 bits per heavy atom. The van der Waals surface area contributed by atoms with Gasteiger partial charge in [-0.25, -0.2) is 0 Å². The molecular weight excluding hydrogens is 468 g/mol. The highest BCUT2D eigenvalue weighted by Crippen LogP contribution is 2.59. The summed E-state index contributed by atoms with van der Waals surface area (Å²) in [5, 5.41) is 0. The van der Waals surface area contributed by atoms with Gasteiger partial charge in [0.15, 0.2) is 0 Å². The van der Waals surface area contributed by atoms with E-state index in [1.807, 2.05) is 11.3 Å². The Morgan fingerprint density at radius 3 is 1.88 bits per heavy atom. The molecule has 4 aromatic rings. The summed E-state index contributed by atoms with van der Waals surface area (Å²) in [5.74, 6) is 0. The largest absolute Gasteiger partial charge is 0.128 e. The zero-order valence-electron chi connectivity index (χ0n) is 13.7. The Morgan fingerprint density at radius 2 is 1.27 bits per heavy atom. The van der Waals surface area contributed by atoms with Gasteiger partial charge in [0.05, 0.1) is 9.20 Å². The summed E-state index contributed by atoms with van der Waals surface area (Å²) in [5.41, 5.74) is 6.34. The van der Waals surface area contributed by atoms with Gasteiger partial charge < -0.3 is 0 Å². The first-order valence-electron chi connectivity index (χ1n) is 8.42. The van der Waals surface area contributed by atoms with Crippen molar-refractivity contribution in [2.75, 3.05) is 0 Å². The summed E-state index contributed by atoms with van der Waals surface area (Å²) in [4.78, 5) is 1.35. The molecule has 0 nitrogen and oxygen atoms in total. The van der Waals surface area contributed by atoms with Gasteiger partial charge in [-0.1, -0.05) is 82.7 Å². The summed E-state index contributed by atoms with van der Waals surface area (Å²) < 4.78 is 2.29. The van der Waals surface area contributed by atoms with Crippen LogP contribution in [-0.2, 0) is 5.41 Å². The molecular formula is C23H14Br2S. The number of fused-ring (bicyclic) bond motifs is 3. The van der Waals surface area contributed by atoms with E-state index in [0.717, 1.165) is 4.47 Å². The fourth-order valence-electron chi connectivity index (χ4n) is 4.17. The SMILES string of the molecule is Brc1ccc2c(c1)C(c1ccccc1)(c1ccccc1)c1cc(Br)sc1-2. The third-order valence-electron chi connectivity index (χ3n) is 5.15. The fraction of sp³-hybridized carbons (Fsp3) is 0.0435.